The molecule has 2 saturated heterocycles. The minimum atomic E-state index is -3.68. The Morgan fingerprint density at radius 2 is 1.65 bits per heavy atom. The van der Waals surface area contributed by atoms with Gasteiger partial charge in [0.05, 0.1) is 24.2 Å². The monoisotopic (exact) mass is 862 g/mol. The number of rotatable bonds is 13. The molecule has 3 aromatic heterocycles. The Hall–Kier alpha value is -5.58. The summed E-state index contributed by atoms with van der Waals surface area (Å²) in [6.07, 6.45) is -0.132. The van der Waals surface area contributed by atoms with Crippen molar-refractivity contribution in [2.45, 2.75) is 116 Å². The van der Waals surface area contributed by atoms with Gasteiger partial charge in [-0.25, -0.2) is 19.6 Å². The van der Waals surface area contributed by atoms with Crippen molar-refractivity contribution in [3.05, 3.63) is 54.4 Å². The first-order valence-corrected chi connectivity index (χ1v) is 21.2. The van der Waals surface area contributed by atoms with E-state index in [1.165, 1.54) is 0 Å². The maximum Gasteiger partial charge on any atom is 0.410 e. The predicted octanol–water partition coefficient (Wildman–Crippen LogP) is 8.36. The van der Waals surface area contributed by atoms with Gasteiger partial charge in [-0.1, -0.05) is 31.2 Å². The molecule has 1 amide bonds. The zero-order valence-corrected chi connectivity index (χ0v) is 36.6. The molecule has 2 aromatic carbocycles. The van der Waals surface area contributed by atoms with Gasteiger partial charge in [0.2, 0.25) is 5.82 Å². The molecule has 0 N–H and O–H groups in total. The van der Waals surface area contributed by atoms with E-state index in [1.54, 1.807) is 61.8 Å². The smallest absolute Gasteiger partial charge is 0.410 e. The first-order chi connectivity index (χ1) is 29.3. The molecule has 0 radical (unpaired) electrons. The highest BCUT2D eigenvalue weighted by molar-refractivity contribution is 6.06. The van der Waals surface area contributed by atoms with Crippen LogP contribution in [0.25, 0.3) is 33.1 Å². The number of carbonyl (C=O) groups excluding carboxylic acids is 3. The van der Waals surface area contributed by atoms with Crippen molar-refractivity contribution in [3.63, 3.8) is 0 Å². The van der Waals surface area contributed by atoms with Gasteiger partial charge in [-0.15, -0.1) is 0 Å². The topological polar surface area (TPSA) is 161 Å². The highest BCUT2D eigenvalue weighted by Crippen LogP contribution is 2.41. The van der Waals surface area contributed by atoms with Crippen LogP contribution in [0, 0.1) is 5.92 Å². The molecule has 5 heterocycles. The average molecular weight is 863 g/mol. The van der Waals surface area contributed by atoms with E-state index < -0.39 is 53.6 Å². The molecule has 0 aliphatic carbocycles. The van der Waals surface area contributed by atoms with Gasteiger partial charge in [-0.3, -0.25) is 9.36 Å². The number of benzene rings is 2. The summed E-state index contributed by atoms with van der Waals surface area (Å²) in [7, 11) is 0. The molecule has 0 unspecified atom stereocenters. The Labute approximate surface area is 359 Å². The molecule has 7 rings (SSSR count). The van der Waals surface area contributed by atoms with Crippen molar-refractivity contribution in [2.24, 2.45) is 5.92 Å². The molecule has 0 saturated carbocycles. The summed E-state index contributed by atoms with van der Waals surface area (Å²) in [4.78, 5) is 56.0. The van der Waals surface area contributed by atoms with Crippen LogP contribution in [0.4, 0.5) is 19.4 Å². The molecule has 17 heteroatoms. The maximum absolute atomic E-state index is 16.2. The van der Waals surface area contributed by atoms with Crippen molar-refractivity contribution in [3.8, 4) is 6.01 Å². The lowest BCUT2D eigenvalue weighted by Crippen LogP contribution is -2.45. The van der Waals surface area contributed by atoms with Gasteiger partial charge >= 0.3 is 24.0 Å². The second kappa shape index (κ2) is 17.7. The van der Waals surface area contributed by atoms with Crippen LogP contribution >= 0.6 is 0 Å². The molecular formula is C45H56F2N6O9. The molecule has 2 aliphatic heterocycles. The lowest BCUT2D eigenvalue weighted by atomic mass is 9.93. The largest absolute Gasteiger partial charge is 0.466 e. The average Bonchev–Trinajstić information content (AvgIpc) is 3.90. The number of piperidine rings is 1. The Bertz CT molecular complexity index is 2420. The number of anilines is 1. The molecule has 0 bridgehead atoms. The van der Waals surface area contributed by atoms with E-state index in [0.717, 1.165) is 5.52 Å². The Kier molecular flexibility index (Phi) is 12.7. The van der Waals surface area contributed by atoms with Crippen molar-refractivity contribution in [2.75, 3.05) is 44.4 Å². The fourth-order valence-corrected chi connectivity index (χ4v) is 8.05. The summed E-state index contributed by atoms with van der Waals surface area (Å²) < 4.78 is 69.3. The lowest BCUT2D eigenvalue weighted by Gasteiger charge is -2.38. The molecule has 5 aromatic rings. The van der Waals surface area contributed by atoms with E-state index in [1.807, 2.05) is 45.0 Å². The number of amides is 1. The first-order valence-electron chi connectivity index (χ1n) is 21.2. The second-order valence-electron chi connectivity index (χ2n) is 18.0. The van der Waals surface area contributed by atoms with Gasteiger partial charge in [0.1, 0.15) is 41.1 Å². The highest BCUT2D eigenvalue weighted by Gasteiger charge is 2.45. The zero-order chi connectivity index (χ0) is 44.6. The number of halogens is 2. The lowest BCUT2D eigenvalue weighted by molar-refractivity contribution is -0.156. The third kappa shape index (κ3) is 9.87. The number of likely N-dealkylation sites (tertiary alicyclic amines) is 1. The molecule has 0 spiro atoms. The van der Waals surface area contributed by atoms with Gasteiger partial charge in [0.15, 0.2) is 11.4 Å². The highest BCUT2D eigenvalue weighted by atomic mass is 19.3. The van der Waals surface area contributed by atoms with Crippen LogP contribution in [0.2, 0.25) is 0 Å². The SMILES string of the molecule is CCOC(=O)CCCOCC(F)(F)c1nc(N2C[C@@H](Oc3nc4ccccc4n3[C@H]3CCN(C(=O)OC(C)(C)C)C[C@@H]3C)C[C@H]2C(=O)OC(C)(C)C)c2oc3ccccc3c2n1. The number of hydrogen-bond donors (Lipinski definition) is 0. The number of imidazole rings is 1. The van der Waals surface area contributed by atoms with Crippen molar-refractivity contribution < 1.29 is 51.3 Å². The van der Waals surface area contributed by atoms with Crippen molar-refractivity contribution in [1.29, 1.82) is 0 Å². The number of nitrogens with zero attached hydrogens (tertiary/aromatic N) is 6. The summed E-state index contributed by atoms with van der Waals surface area (Å²) >= 11 is 0. The number of hydrogen-bond acceptors (Lipinski definition) is 13. The molecule has 4 atom stereocenters. The number of ether oxygens (including phenoxy) is 5. The quantitative estimate of drug-likeness (QED) is 0.0632. The van der Waals surface area contributed by atoms with Crippen LogP contribution in [0.5, 0.6) is 6.01 Å². The summed E-state index contributed by atoms with van der Waals surface area (Å²) in [6.45, 7) is 14.5. The van der Waals surface area contributed by atoms with E-state index in [-0.39, 0.29) is 74.0 Å². The zero-order valence-electron chi connectivity index (χ0n) is 36.6. The number of para-hydroxylation sites is 3. The second-order valence-corrected chi connectivity index (χ2v) is 18.0. The number of aromatic nitrogens is 4. The van der Waals surface area contributed by atoms with Crippen LogP contribution in [0.3, 0.4) is 0 Å². The number of alkyl halides is 2. The Morgan fingerprint density at radius 3 is 2.37 bits per heavy atom. The summed E-state index contributed by atoms with van der Waals surface area (Å²) in [5.74, 6) is -5.58. The molecule has 15 nitrogen and oxygen atoms in total. The number of fused-ring (bicyclic) bond motifs is 4. The number of furan rings is 1. The van der Waals surface area contributed by atoms with Gasteiger partial charge in [-0.2, -0.15) is 13.8 Å². The number of esters is 2. The normalized spacial score (nSPS) is 20.0. The van der Waals surface area contributed by atoms with Crippen LogP contribution in [-0.4, -0.2) is 105 Å². The Morgan fingerprint density at radius 1 is 0.919 bits per heavy atom. The van der Waals surface area contributed by atoms with Gasteiger partial charge in [0, 0.05) is 44.0 Å². The molecule has 2 fully saturated rings. The van der Waals surface area contributed by atoms with E-state index in [4.69, 9.17) is 33.1 Å². The fourth-order valence-electron chi connectivity index (χ4n) is 8.05. The first kappa shape index (κ1) is 44.5. The summed E-state index contributed by atoms with van der Waals surface area (Å²) in [5.41, 5.74) is 0.711. The standard InChI is InChI=1S/C45H56F2N6O9/c1-9-58-35(54)19-14-22-57-26-45(46,47)40-49-36-29-15-10-13-18-34(29)60-37(36)38(50-40)52-25-28(23-33(52)39(55)61-43(3,4)5)59-41-48-30-16-11-12-17-32(30)53(41)31-20-21-51(24-27(31)2)42(56)62-44(6,7)8/h10-13,15-18,27-28,31,33H,9,14,19-26H2,1-8H3/t27-,28-,31-,33-/m0/s1. The van der Waals surface area contributed by atoms with E-state index in [2.05, 4.69) is 21.5 Å². The van der Waals surface area contributed by atoms with Gasteiger partial charge < -0.3 is 37.9 Å². The third-order valence-electron chi connectivity index (χ3n) is 10.7. The summed E-state index contributed by atoms with van der Waals surface area (Å²) in [6, 6.07) is 13.8. The summed E-state index contributed by atoms with van der Waals surface area (Å²) in [5, 5.41) is 0.486. The molecule has 2 aliphatic rings. The predicted molar refractivity (Wildman–Crippen MR) is 226 cm³/mol. The van der Waals surface area contributed by atoms with E-state index in [0.29, 0.717) is 42.0 Å². The fraction of sp³-hybridized carbons (Fsp3) is 0.556. The third-order valence-corrected chi connectivity index (χ3v) is 10.7. The Balaban J connectivity index is 1.22. The minimum absolute atomic E-state index is 0.0187. The van der Waals surface area contributed by atoms with Crippen LogP contribution in [-0.2, 0) is 34.5 Å². The van der Waals surface area contributed by atoms with Crippen molar-refractivity contribution in [1.82, 2.24) is 24.4 Å². The van der Waals surface area contributed by atoms with Gasteiger partial charge in [-0.05, 0) is 91.5 Å². The van der Waals surface area contributed by atoms with Gasteiger partial charge in [0.25, 0.3) is 6.01 Å². The molecule has 334 valence electrons. The number of carbonyl (C=O) groups is 3. The maximum atomic E-state index is 16.2. The molecular weight excluding hydrogens is 807 g/mol. The van der Waals surface area contributed by atoms with Crippen LogP contribution < -0.4 is 9.64 Å². The van der Waals surface area contributed by atoms with E-state index >= 15 is 8.78 Å². The van der Waals surface area contributed by atoms with Crippen molar-refractivity contribution >= 4 is 57.0 Å². The van der Waals surface area contributed by atoms with Crippen LogP contribution in [0.15, 0.2) is 52.9 Å². The van der Waals surface area contributed by atoms with E-state index in [9.17, 15) is 14.4 Å². The minimum Gasteiger partial charge on any atom is -0.466 e. The van der Waals surface area contributed by atoms with Crippen LogP contribution in [0.1, 0.15) is 92.9 Å². The molecule has 62 heavy (non-hydrogen) atoms.